The number of nitrogens with one attached hydrogen (secondary N) is 1. The summed E-state index contributed by atoms with van der Waals surface area (Å²) in [6.07, 6.45) is 6.88. The molecule has 0 amide bonds. The lowest BCUT2D eigenvalue weighted by Gasteiger charge is -2.39. The minimum atomic E-state index is -0.00802. The van der Waals surface area contributed by atoms with Crippen molar-refractivity contribution < 1.29 is 0 Å². The van der Waals surface area contributed by atoms with E-state index < -0.39 is 0 Å². The van der Waals surface area contributed by atoms with Crippen molar-refractivity contribution in [3.05, 3.63) is 87.5 Å². The molecule has 1 saturated carbocycles. The Labute approximate surface area is 206 Å². The molecule has 1 fully saturated rings. The first kappa shape index (κ1) is 23.4. The lowest BCUT2D eigenvalue weighted by atomic mass is 9.92. The number of rotatable bonds is 8. The monoisotopic (exact) mass is 470 g/mol. The van der Waals surface area contributed by atoms with Crippen LogP contribution in [0.25, 0.3) is 10.9 Å². The minimum absolute atomic E-state index is 0.00802. The summed E-state index contributed by atoms with van der Waals surface area (Å²) >= 11 is 0. The van der Waals surface area contributed by atoms with Gasteiger partial charge in [0.1, 0.15) is 0 Å². The van der Waals surface area contributed by atoms with E-state index in [9.17, 15) is 4.79 Å². The number of hydrogen-bond acceptors (Lipinski definition) is 5. The van der Waals surface area contributed by atoms with E-state index in [1.165, 1.54) is 24.8 Å². The highest BCUT2D eigenvalue weighted by Gasteiger charge is 2.32. The molecule has 1 atom stereocenters. The van der Waals surface area contributed by atoms with Crippen molar-refractivity contribution in [1.82, 2.24) is 30.1 Å². The van der Waals surface area contributed by atoms with Gasteiger partial charge in [-0.3, -0.25) is 9.69 Å². The van der Waals surface area contributed by atoms with Crippen molar-refractivity contribution in [3.8, 4) is 0 Å². The standard InChI is InChI=1S/C28H34N6O/c1-3-25(27-30-31-32-34(27)18-21-12-6-4-7-13-21)33(24-15-8-5-9-16-24)19-23-17-22-14-10-11-20(2)26(22)29-28(23)35/h4,6-7,10-14,17,24-25H,3,5,8-9,15-16,18-19H2,1-2H3,(H,29,35). The van der Waals surface area contributed by atoms with Crippen LogP contribution in [0.1, 0.15) is 74.0 Å². The van der Waals surface area contributed by atoms with Crippen molar-refractivity contribution in [2.75, 3.05) is 0 Å². The summed E-state index contributed by atoms with van der Waals surface area (Å²) in [7, 11) is 0. The first-order valence-electron chi connectivity index (χ1n) is 12.8. The molecule has 2 heterocycles. The second-order valence-corrected chi connectivity index (χ2v) is 9.73. The summed E-state index contributed by atoms with van der Waals surface area (Å²) in [5.74, 6) is 0.870. The maximum absolute atomic E-state index is 13.2. The van der Waals surface area contributed by atoms with Crippen LogP contribution in [0.3, 0.4) is 0 Å². The number of aromatic nitrogens is 5. The van der Waals surface area contributed by atoms with E-state index in [4.69, 9.17) is 0 Å². The average molecular weight is 471 g/mol. The van der Waals surface area contributed by atoms with Gasteiger partial charge >= 0.3 is 0 Å². The van der Waals surface area contributed by atoms with Crippen LogP contribution in [0, 0.1) is 6.92 Å². The van der Waals surface area contributed by atoms with E-state index >= 15 is 0 Å². The van der Waals surface area contributed by atoms with Gasteiger partial charge in [-0.15, -0.1) is 5.10 Å². The predicted molar refractivity (Wildman–Crippen MR) is 138 cm³/mol. The van der Waals surface area contributed by atoms with Crippen LogP contribution in [-0.4, -0.2) is 36.1 Å². The molecule has 1 unspecified atom stereocenters. The number of tetrazole rings is 1. The van der Waals surface area contributed by atoms with Gasteiger partial charge in [-0.05, 0) is 59.2 Å². The molecule has 4 aromatic rings. The van der Waals surface area contributed by atoms with Crippen molar-refractivity contribution in [3.63, 3.8) is 0 Å². The van der Waals surface area contributed by atoms with Gasteiger partial charge in [-0.25, -0.2) is 4.68 Å². The number of H-pyrrole nitrogens is 1. The highest BCUT2D eigenvalue weighted by molar-refractivity contribution is 5.81. The van der Waals surface area contributed by atoms with Gasteiger partial charge in [0.05, 0.1) is 18.1 Å². The van der Waals surface area contributed by atoms with E-state index in [1.54, 1.807) is 0 Å². The minimum Gasteiger partial charge on any atom is -0.321 e. The van der Waals surface area contributed by atoms with Crippen LogP contribution in [0.15, 0.2) is 59.4 Å². The highest BCUT2D eigenvalue weighted by Crippen LogP contribution is 2.33. The quantitative estimate of drug-likeness (QED) is 0.385. The van der Waals surface area contributed by atoms with Crippen molar-refractivity contribution in [2.24, 2.45) is 0 Å². The fourth-order valence-corrected chi connectivity index (χ4v) is 5.53. The average Bonchev–Trinajstić information content (AvgIpc) is 3.33. The van der Waals surface area contributed by atoms with Crippen LogP contribution in [0.2, 0.25) is 0 Å². The Morgan fingerprint density at radius 3 is 2.66 bits per heavy atom. The molecule has 0 bridgehead atoms. The molecule has 0 spiro atoms. The fraction of sp³-hybridized carbons (Fsp3) is 0.429. The molecule has 2 aromatic carbocycles. The summed E-state index contributed by atoms with van der Waals surface area (Å²) in [5, 5.41) is 14.0. The number of aryl methyl sites for hydroxylation is 1. The molecular weight excluding hydrogens is 436 g/mol. The lowest BCUT2D eigenvalue weighted by Crippen LogP contribution is -2.41. The van der Waals surface area contributed by atoms with Crippen molar-refractivity contribution in [1.29, 1.82) is 0 Å². The number of aromatic amines is 1. The second kappa shape index (κ2) is 10.5. The summed E-state index contributed by atoms with van der Waals surface area (Å²) in [6, 6.07) is 19.0. The van der Waals surface area contributed by atoms with Gasteiger partial charge in [-0.2, -0.15) is 0 Å². The van der Waals surface area contributed by atoms with Gasteiger partial charge < -0.3 is 4.98 Å². The van der Waals surface area contributed by atoms with Crippen LogP contribution in [-0.2, 0) is 13.1 Å². The van der Waals surface area contributed by atoms with Gasteiger partial charge in [0.15, 0.2) is 5.82 Å². The third-order valence-corrected chi connectivity index (χ3v) is 7.38. The summed E-state index contributed by atoms with van der Waals surface area (Å²) in [5.41, 5.74) is 3.97. The van der Waals surface area contributed by atoms with E-state index in [2.05, 4.69) is 56.6 Å². The lowest BCUT2D eigenvalue weighted by molar-refractivity contribution is 0.0844. The summed E-state index contributed by atoms with van der Waals surface area (Å²) in [6.45, 7) is 5.44. The van der Waals surface area contributed by atoms with Crippen molar-refractivity contribution >= 4 is 10.9 Å². The predicted octanol–water partition coefficient (Wildman–Crippen LogP) is 5.16. The largest absolute Gasteiger partial charge is 0.321 e. The topological polar surface area (TPSA) is 79.7 Å². The molecule has 0 saturated heterocycles. The van der Waals surface area contributed by atoms with Crippen LogP contribution < -0.4 is 5.56 Å². The molecule has 5 rings (SSSR count). The Hall–Kier alpha value is -3.32. The Morgan fingerprint density at radius 2 is 1.89 bits per heavy atom. The summed E-state index contributed by atoms with van der Waals surface area (Å²) in [4.78, 5) is 18.8. The molecule has 182 valence electrons. The Bertz CT molecular complexity index is 1320. The second-order valence-electron chi connectivity index (χ2n) is 9.73. The molecule has 0 aliphatic heterocycles. The maximum atomic E-state index is 13.2. The van der Waals surface area contributed by atoms with Gasteiger partial charge in [-0.1, -0.05) is 74.7 Å². The molecule has 2 aromatic heterocycles. The van der Waals surface area contributed by atoms with Gasteiger partial charge in [0, 0.05) is 18.2 Å². The molecule has 7 heteroatoms. The number of para-hydroxylation sites is 1. The van der Waals surface area contributed by atoms with E-state index in [-0.39, 0.29) is 11.6 Å². The van der Waals surface area contributed by atoms with E-state index in [0.717, 1.165) is 47.1 Å². The number of fused-ring (bicyclic) bond motifs is 1. The number of benzene rings is 2. The number of pyridine rings is 1. The SMILES string of the molecule is CCC(c1nnnn1Cc1ccccc1)N(Cc1cc2cccc(C)c2[nH]c1=O)C1CCCCC1. The smallest absolute Gasteiger partial charge is 0.252 e. The summed E-state index contributed by atoms with van der Waals surface area (Å²) < 4.78 is 1.92. The molecular formula is C28H34N6O. The molecule has 7 nitrogen and oxygen atoms in total. The molecule has 35 heavy (non-hydrogen) atoms. The Morgan fingerprint density at radius 1 is 1.09 bits per heavy atom. The fourth-order valence-electron chi connectivity index (χ4n) is 5.53. The Balaban J connectivity index is 1.51. The van der Waals surface area contributed by atoms with Crippen molar-refractivity contribution in [2.45, 2.75) is 77.5 Å². The third-order valence-electron chi connectivity index (χ3n) is 7.38. The van der Waals surface area contributed by atoms with E-state index in [0.29, 0.717) is 19.1 Å². The first-order chi connectivity index (χ1) is 17.1. The maximum Gasteiger partial charge on any atom is 0.252 e. The van der Waals surface area contributed by atoms with Crippen LogP contribution >= 0.6 is 0 Å². The zero-order chi connectivity index (χ0) is 24.2. The molecule has 1 aliphatic carbocycles. The zero-order valence-electron chi connectivity index (χ0n) is 20.7. The zero-order valence-corrected chi connectivity index (χ0v) is 20.7. The first-order valence-corrected chi connectivity index (χ1v) is 12.8. The number of hydrogen-bond donors (Lipinski definition) is 1. The van der Waals surface area contributed by atoms with E-state index in [1.807, 2.05) is 41.9 Å². The van der Waals surface area contributed by atoms with Crippen LogP contribution in [0.4, 0.5) is 0 Å². The molecule has 1 N–H and O–H groups in total. The highest BCUT2D eigenvalue weighted by atomic mass is 16.1. The normalized spacial score (nSPS) is 15.6. The Kier molecular flexibility index (Phi) is 7.04. The van der Waals surface area contributed by atoms with Gasteiger partial charge in [0.2, 0.25) is 0 Å². The molecule has 1 aliphatic rings. The van der Waals surface area contributed by atoms with Gasteiger partial charge in [0.25, 0.3) is 5.56 Å². The third kappa shape index (κ3) is 5.05. The molecule has 0 radical (unpaired) electrons. The number of nitrogens with zero attached hydrogens (tertiary/aromatic N) is 5. The van der Waals surface area contributed by atoms with Crippen LogP contribution in [0.5, 0.6) is 0 Å².